The van der Waals surface area contributed by atoms with Crippen LogP contribution in [0.15, 0.2) is 109 Å². The fourth-order valence-electron chi connectivity index (χ4n) is 2.96. The smallest absolute Gasteiger partial charge is 0.0997 e. The quantitative estimate of drug-likeness (QED) is 0.328. The zero-order valence-corrected chi connectivity index (χ0v) is 17.6. The molecule has 2 nitrogen and oxygen atoms in total. The molecule has 0 saturated heterocycles. The van der Waals surface area contributed by atoms with Gasteiger partial charge >= 0.3 is 0 Å². The Kier molecular flexibility index (Phi) is 8.35. The molecule has 0 bridgehead atoms. The van der Waals surface area contributed by atoms with Gasteiger partial charge in [-0.1, -0.05) is 121 Å². The highest BCUT2D eigenvalue weighted by atomic mass is 14.2. The summed E-state index contributed by atoms with van der Waals surface area (Å²) in [5, 5.41) is 18.3. The van der Waals surface area contributed by atoms with Gasteiger partial charge in [-0.3, -0.25) is 0 Å². The first kappa shape index (κ1) is 22.0. The minimum Gasteiger partial charge on any atom is -0.192 e. The van der Waals surface area contributed by atoms with Crippen LogP contribution in [0, 0.1) is 22.7 Å². The van der Waals surface area contributed by atoms with Gasteiger partial charge in [-0.15, -0.1) is 0 Å². The highest BCUT2D eigenvalue weighted by molar-refractivity contribution is 5.75. The van der Waals surface area contributed by atoms with E-state index >= 15 is 0 Å². The molecule has 0 aliphatic carbocycles. The maximum absolute atomic E-state index is 9.13. The number of benzene rings is 4. The molecule has 0 unspecified atom stereocenters. The number of nitriles is 2. The van der Waals surface area contributed by atoms with Gasteiger partial charge in [0.2, 0.25) is 0 Å². The van der Waals surface area contributed by atoms with Crippen LogP contribution in [-0.4, -0.2) is 0 Å². The van der Waals surface area contributed by atoms with E-state index in [0.717, 1.165) is 22.3 Å². The van der Waals surface area contributed by atoms with E-state index in [9.17, 15) is 0 Å². The first-order valence-electron chi connectivity index (χ1n) is 10.2. The third-order valence-corrected chi connectivity index (χ3v) is 4.68. The zero-order chi connectivity index (χ0) is 22.4. The Balaban J connectivity index is 0.000000416. The van der Waals surface area contributed by atoms with E-state index in [4.69, 9.17) is 10.5 Å². The minimum atomic E-state index is 0.666. The van der Waals surface area contributed by atoms with Crippen molar-refractivity contribution < 1.29 is 0 Å². The normalized spacial score (nSPS) is 10.2. The Morgan fingerprint density at radius 1 is 0.406 bits per heavy atom. The molecule has 4 aromatic carbocycles. The lowest BCUT2D eigenvalue weighted by atomic mass is 10.0. The van der Waals surface area contributed by atoms with Crippen molar-refractivity contribution in [1.29, 1.82) is 10.5 Å². The Labute approximate surface area is 189 Å². The zero-order valence-electron chi connectivity index (χ0n) is 17.6. The summed E-state index contributed by atoms with van der Waals surface area (Å²) >= 11 is 0. The van der Waals surface area contributed by atoms with Gasteiger partial charge in [-0.05, 0) is 34.4 Å². The Morgan fingerprint density at radius 3 is 1.09 bits per heavy atom. The summed E-state index contributed by atoms with van der Waals surface area (Å²) in [6.45, 7) is 0. The van der Waals surface area contributed by atoms with Crippen molar-refractivity contribution in [3.8, 4) is 12.1 Å². The first-order chi connectivity index (χ1) is 15.8. The van der Waals surface area contributed by atoms with E-state index < -0.39 is 0 Å². The lowest BCUT2D eigenvalue weighted by Crippen LogP contribution is -1.81. The molecule has 0 aliphatic rings. The number of hydrogen-bond acceptors (Lipinski definition) is 2. The molecule has 0 N–H and O–H groups in total. The second-order valence-electron chi connectivity index (χ2n) is 6.89. The van der Waals surface area contributed by atoms with E-state index in [1.807, 2.05) is 133 Å². The van der Waals surface area contributed by atoms with E-state index in [1.165, 1.54) is 0 Å². The molecule has 0 aromatic heterocycles. The monoisotopic (exact) mass is 410 g/mol. The third-order valence-electron chi connectivity index (χ3n) is 4.68. The van der Waals surface area contributed by atoms with E-state index in [-0.39, 0.29) is 0 Å². The van der Waals surface area contributed by atoms with Crippen LogP contribution >= 0.6 is 0 Å². The van der Waals surface area contributed by atoms with Crippen LogP contribution in [-0.2, 0) is 0 Å². The fourth-order valence-corrected chi connectivity index (χ4v) is 2.96. The van der Waals surface area contributed by atoms with Crippen LogP contribution in [0.2, 0.25) is 0 Å². The summed E-state index contributed by atoms with van der Waals surface area (Å²) < 4.78 is 0. The average Bonchev–Trinajstić information content (AvgIpc) is 2.88. The summed E-state index contributed by atoms with van der Waals surface area (Å²) in [6, 6.07) is 39.6. The molecule has 0 saturated carbocycles. The molecule has 4 rings (SSSR count). The first-order valence-corrected chi connectivity index (χ1v) is 10.2. The summed E-state index contributed by atoms with van der Waals surface area (Å²) in [5.41, 5.74) is 5.28. The maximum Gasteiger partial charge on any atom is 0.0997 e. The Bertz CT molecular complexity index is 1160. The van der Waals surface area contributed by atoms with Crippen molar-refractivity contribution in [3.05, 3.63) is 143 Å². The van der Waals surface area contributed by atoms with Gasteiger partial charge in [0.1, 0.15) is 0 Å². The second-order valence-corrected chi connectivity index (χ2v) is 6.89. The molecule has 0 heterocycles. The maximum atomic E-state index is 9.13. The van der Waals surface area contributed by atoms with E-state index in [1.54, 1.807) is 0 Å². The van der Waals surface area contributed by atoms with Gasteiger partial charge in [0, 0.05) is 0 Å². The number of rotatable bonds is 4. The summed E-state index contributed by atoms with van der Waals surface area (Å²) in [7, 11) is 0. The molecule has 152 valence electrons. The van der Waals surface area contributed by atoms with Crippen molar-refractivity contribution >= 4 is 24.3 Å². The van der Waals surface area contributed by atoms with Gasteiger partial charge in [-0.2, -0.15) is 10.5 Å². The molecule has 0 spiro atoms. The van der Waals surface area contributed by atoms with E-state index in [0.29, 0.717) is 11.1 Å². The topological polar surface area (TPSA) is 47.6 Å². The van der Waals surface area contributed by atoms with Gasteiger partial charge in [0.05, 0.1) is 23.3 Å². The van der Waals surface area contributed by atoms with Crippen molar-refractivity contribution in [1.82, 2.24) is 0 Å². The standard InChI is InChI=1S/C24H16N2.C6H6/c25-17-23-7-3-1-5-21(23)15-13-19-9-11-20(12-10-19)14-16-22-6-2-4-8-24(22)18-26;1-2-4-6-5-3-1/h1-16H;1-6H. The molecule has 2 heteroatoms. The predicted octanol–water partition coefficient (Wildman–Crippen LogP) is 7.46. The van der Waals surface area contributed by atoms with Gasteiger partial charge < -0.3 is 0 Å². The lowest BCUT2D eigenvalue weighted by molar-refractivity contribution is 1.47. The molecule has 0 atom stereocenters. The highest BCUT2D eigenvalue weighted by Gasteiger charge is 1.97. The Hall–Kier alpha value is -4.66. The molecule has 4 aromatic rings. The molecular formula is C30H22N2. The summed E-state index contributed by atoms with van der Waals surface area (Å²) in [6.07, 6.45) is 7.89. The van der Waals surface area contributed by atoms with Crippen LogP contribution in [0.3, 0.4) is 0 Å². The molecule has 0 aliphatic heterocycles. The van der Waals surface area contributed by atoms with Crippen molar-refractivity contribution in [2.75, 3.05) is 0 Å². The largest absolute Gasteiger partial charge is 0.192 e. The third kappa shape index (κ3) is 6.70. The molecule has 32 heavy (non-hydrogen) atoms. The van der Waals surface area contributed by atoms with E-state index in [2.05, 4.69) is 12.1 Å². The average molecular weight is 411 g/mol. The van der Waals surface area contributed by atoms with Gasteiger partial charge in [0.15, 0.2) is 0 Å². The molecule has 0 amide bonds. The number of hydrogen-bond donors (Lipinski definition) is 0. The van der Waals surface area contributed by atoms with Crippen LogP contribution in [0.25, 0.3) is 24.3 Å². The van der Waals surface area contributed by atoms with Gasteiger partial charge in [0.25, 0.3) is 0 Å². The molecule has 0 radical (unpaired) electrons. The van der Waals surface area contributed by atoms with Crippen molar-refractivity contribution in [2.24, 2.45) is 0 Å². The van der Waals surface area contributed by atoms with Crippen LogP contribution in [0.5, 0.6) is 0 Å². The van der Waals surface area contributed by atoms with Crippen LogP contribution in [0.1, 0.15) is 33.4 Å². The molecule has 0 fully saturated rings. The SMILES string of the molecule is N#Cc1ccccc1C=Cc1ccc(C=Cc2ccccc2C#N)cc1.c1ccccc1. The highest BCUT2D eigenvalue weighted by Crippen LogP contribution is 2.15. The lowest BCUT2D eigenvalue weighted by Gasteiger charge is -1.99. The minimum absolute atomic E-state index is 0.666. The Morgan fingerprint density at radius 2 is 0.750 bits per heavy atom. The molecular weight excluding hydrogens is 388 g/mol. The number of nitrogens with zero attached hydrogens (tertiary/aromatic N) is 2. The second kappa shape index (κ2) is 12.1. The summed E-state index contributed by atoms with van der Waals surface area (Å²) in [4.78, 5) is 0. The summed E-state index contributed by atoms with van der Waals surface area (Å²) in [5.74, 6) is 0. The van der Waals surface area contributed by atoms with Crippen LogP contribution in [0.4, 0.5) is 0 Å². The predicted molar refractivity (Wildman–Crippen MR) is 133 cm³/mol. The van der Waals surface area contributed by atoms with Crippen LogP contribution < -0.4 is 0 Å². The van der Waals surface area contributed by atoms with Crippen molar-refractivity contribution in [2.45, 2.75) is 0 Å². The van der Waals surface area contributed by atoms with Gasteiger partial charge in [-0.25, -0.2) is 0 Å². The fraction of sp³-hybridized carbons (Fsp3) is 0. The van der Waals surface area contributed by atoms with Crippen molar-refractivity contribution in [3.63, 3.8) is 0 Å².